The van der Waals surface area contributed by atoms with E-state index in [-0.39, 0.29) is 36.0 Å². The number of rotatable bonds is 7. The molecule has 0 aromatic rings. The highest BCUT2D eigenvalue weighted by molar-refractivity contribution is 5.82. The quantitative estimate of drug-likeness (QED) is 0.329. The van der Waals surface area contributed by atoms with Gasteiger partial charge in [0.2, 0.25) is 0 Å². The van der Waals surface area contributed by atoms with E-state index in [1.165, 1.54) is 38.5 Å². The number of hydrogen-bond acceptors (Lipinski definition) is 4. The van der Waals surface area contributed by atoms with E-state index in [9.17, 15) is 20.0 Å². The van der Waals surface area contributed by atoms with E-state index in [1.54, 1.807) is 0 Å². The molecule has 234 valence electrons. The molecule has 8 bridgehead atoms. The Morgan fingerprint density at radius 3 is 1.17 bits per heavy atom. The van der Waals surface area contributed by atoms with Crippen molar-refractivity contribution in [1.29, 1.82) is 0 Å². The molecule has 0 aromatic heterocycles. The van der Waals surface area contributed by atoms with Gasteiger partial charge in [-0.1, -0.05) is 0 Å². The monoisotopic (exact) mass is 582 g/mol. The first-order valence-corrected chi connectivity index (χ1v) is 17.9. The second-order valence-corrected chi connectivity index (χ2v) is 17.2. The molecule has 8 nitrogen and oxygen atoms in total. The Kier molecular flexibility index (Phi) is 6.83. The summed E-state index contributed by atoms with van der Waals surface area (Å²) in [5.74, 6) is 4.30. The summed E-state index contributed by atoms with van der Waals surface area (Å²) in [7, 11) is 0. The Morgan fingerprint density at radius 1 is 0.548 bits per heavy atom. The second kappa shape index (κ2) is 10.1. The Bertz CT molecular complexity index is 941. The van der Waals surface area contributed by atoms with Crippen LogP contribution >= 0.6 is 0 Å². The fraction of sp³-hybridized carbons (Fsp3) is 0.941. The van der Waals surface area contributed by atoms with Gasteiger partial charge in [-0.25, -0.2) is 0 Å². The van der Waals surface area contributed by atoms with Gasteiger partial charge in [0, 0.05) is 23.9 Å². The molecule has 42 heavy (non-hydrogen) atoms. The van der Waals surface area contributed by atoms with E-state index < -0.39 is 21.4 Å². The van der Waals surface area contributed by atoms with Crippen LogP contribution in [0.4, 0.5) is 0 Å². The average Bonchev–Trinajstić information content (AvgIpc) is 2.90. The third kappa shape index (κ3) is 4.95. The van der Waals surface area contributed by atoms with Crippen molar-refractivity contribution in [2.75, 3.05) is 26.2 Å². The van der Waals surface area contributed by atoms with Crippen molar-refractivity contribution >= 4 is 11.8 Å². The van der Waals surface area contributed by atoms with Crippen LogP contribution in [0.5, 0.6) is 0 Å². The molecule has 8 saturated carbocycles. The highest BCUT2D eigenvalue weighted by Crippen LogP contribution is 2.57. The maximum Gasteiger partial charge on any atom is 0.279 e. The molecule has 10 rings (SSSR count). The average molecular weight is 583 g/mol. The van der Waals surface area contributed by atoms with Crippen LogP contribution in [-0.2, 0) is 9.59 Å². The highest BCUT2D eigenvalue weighted by Gasteiger charge is 2.55. The summed E-state index contributed by atoms with van der Waals surface area (Å²) in [6, 6.07) is -1.25. The predicted octanol–water partition coefficient (Wildman–Crippen LogP) is 4.89. The summed E-state index contributed by atoms with van der Waals surface area (Å²) in [6.07, 6.45) is 19.0. The number of amides is 2. The zero-order valence-electron chi connectivity index (χ0n) is 25.7. The molecule has 0 aromatic carbocycles. The van der Waals surface area contributed by atoms with Gasteiger partial charge in [0.25, 0.3) is 11.8 Å². The van der Waals surface area contributed by atoms with Crippen molar-refractivity contribution in [2.45, 2.75) is 139 Å². The Morgan fingerprint density at radius 2 is 0.857 bits per heavy atom. The fourth-order valence-electron chi connectivity index (χ4n) is 13.0. The van der Waals surface area contributed by atoms with Gasteiger partial charge in [0.1, 0.15) is 13.1 Å². The Hall–Kier alpha value is -1.22. The lowest BCUT2D eigenvalue weighted by Gasteiger charge is -2.59. The maximum atomic E-state index is 14.5. The van der Waals surface area contributed by atoms with Gasteiger partial charge in [-0.05, 0) is 138 Å². The zero-order valence-corrected chi connectivity index (χ0v) is 25.7. The van der Waals surface area contributed by atoms with E-state index in [4.69, 9.17) is 0 Å². The van der Waals surface area contributed by atoms with E-state index in [2.05, 4.69) is 10.6 Å². The molecule has 2 N–H and O–H groups in total. The van der Waals surface area contributed by atoms with E-state index in [0.717, 1.165) is 99.7 Å². The highest BCUT2D eigenvalue weighted by atomic mass is 16.6. The number of nitrogens with one attached hydrogen (secondary N) is 2. The first-order chi connectivity index (χ1) is 20.1. The lowest BCUT2D eigenvalue weighted by Crippen LogP contribution is -2.69. The van der Waals surface area contributed by atoms with Crippen molar-refractivity contribution in [2.24, 2.45) is 35.5 Å². The molecule has 0 spiro atoms. The molecule has 2 unspecified atom stereocenters. The summed E-state index contributed by atoms with van der Waals surface area (Å²) < 4.78 is -1.16. The summed E-state index contributed by atoms with van der Waals surface area (Å²) in [6.45, 7) is 1.10. The fourth-order valence-corrected chi connectivity index (χ4v) is 13.0. The molecule has 2 heterocycles. The van der Waals surface area contributed by atoms with Crippen molar-refractivity contribution in [3.8, 4) is 0 Å². The number of carbonyl (C=O) groups is 2. The van der Waals surface area contributed by atoms with Crippen LogP contribution in [-0.4, -0.2) is 70.4 Å². The number of hydrogen-bond donors (Lipinski definition) is 2. The first-order valence-electron chi connectivity index (χ1n) is 17.9. The molecular formula is C34H54N4O4. The Labute approximate surface area is 252 Å². The summed E-state index contributed by atoms with van der Waals surface area (Å²) >= 11 is 0. The van der Waals surface area contributed by atoms with Crippen molar-refractivity contribution in [3.05, 3.63) is 10.4 Å². The maximum absolute atomic E-state index is 14.5. The van der Waals surface area contributed by atoms with Crippen molar-refractivity contribution in [1.82, 2.24) is 10.6 Å². The van der Waals surface area contributed by atoms with E-state index in [0.29, 0.717) is 25.9 Å². The molecule has 8 heteroatoms. The van der Waals surface area contributed by atoms with Crippen LogP contribution in [0, 0.1) is 45.9 Å². The number of piperidine rings is 2. The lowest BCUT2D eigenvalue weighted by molar-refractivity contribution is -0.955. The topological polar surface area (TPSA) is 104 Å². The van der Waals surface area contributed by atoms with Crippen LogP contribution < -0.4 is 10.6 Å². The summed E-state index contributed by atoms with van der Waals surface area (Å²) in [4.78, 5) is 27.8. The summed E-state index contributed by atoms with van der Waals surface area (Å²) in [5, 5.41) is 35.9. The molecule has 10 fully saturated rings. The first kappa shape index (κ1) is 28.3. The molecule has 10 aliphatic rings. The minimum atomic E-state index is -0.623. The van der Waals surface area contributed by atoms with Gasteiger partial charge in [-0.2, -0.15) is 0 Å². The third-order valence-electron chi connectivity index (χ3n) is 14.0. The van der Waals surface area contributed by atoms with Gasteiger partial charge in [-0.3, -0.25) is 9.59 Å². The van der Waals surface area contributed by atoms with Gasteiger partial charge in [0.15, 0.2) is 12.1 Å². The number of quaternary nitrogens is 2. The van der Waals surface area contributed by atoms with Gasteiger partial charge in [-0.15, -0.1) is 0 Å². The number of carbonyl (C=O) groups excluding carboxylic acids is 2. The molecule has 0 radical (unpaired) electrons. The van der Waals surface area contributed by atoms with E-state index >= 15 is 0 Å². The number of likely N-dealkylation sites (tertiary alicyclic amines) is 2. The van der Waals surface area contributed by atoms with Crippen molar-refractivity contribution in [3.63, 3.8) is 0 Å². The number of nitrogens with zero attached hydrogens (tertiary/aromatic N) is 2. The lowest BCUT2D eigenvalue weighted by atomic mass is 9.53. The van der Waals surface area contributed by atoms with Crippen LogP contribution in [0.15, 0.2) is 0 Å². The predicted molar refractivity (Wildman–Crippen MR) is 160 cm³/mol. The molecule has 4 atom stereocenters. The standard InChI is InChI=1S/C34H54N4O4/c39-31(35-33-17-23-11-24(18-33)13-25(12-23)19-33)29-5-1-3-7-37(29,41)9-10-38(42)8-4-2-6-30(38)32(40)36-34-20-26-14-27(21-34)16-28(15-26)22-34/h23-30H,1-22H2,(H,35,39)(H,36,40)/t23?,24?,25?,26?,27?,28?,29-,30-,33?,34?,37?,38?/m0/s1. The molecule has 2 aliphatic heterocycles. The summed E-state index contributed by atoms with van der Waals surface area (Å²) in [5.41, 5.74) is -0.207. The molecular weight excluding hydrogens is 528 g/mol. The van der Waals surface area contributed by atoms with Crippen LogP contribution in [0.1, 0.15) is 116 Å². The minimum absolute atomic E-state index is 0.0566. The minimum Gasteiger partial charge on any atom is -0.632 e. The van der Waals surface area contributed by atoms with Crippen molar-refractivity contribution < 1.29 is 18.9 Å². The van der Waals surface area contributed by atoms with Crippen LogP contribution in [0.25, 0.3) is 0 Å². The molecule has 2 amide bonds. The van der Waals surface area contributed by atoms with Crippen LogP contribution in [0.2, 0.25) is 0 Å². The van der Waals surface area contributed by atoms with Gasteiger partial charge in [0.05, 0.1) is 13.1 Å². The number of hydroxylamine groups is 6. The Balaban J connectivity index is 0.946. The molecule has 8 aliphatic carbocycles. The molecule has 2 saturated heterocycles. The van der Waals surface area contributed by atoms with Crippen LogP contribution in [0.3, 0.4) is 0 Å². The van der Waals surface area contributed by atoms with Gasteiger partial charge >= 0.3 is 0 Å². The zero-order chi connectivity index (χ0) is 28.7. The van der Waals surface area contributed by atoms with Gasteiger partial charge < -0.3 is 30.3 Å². The normalized spacial score (nSPS) is 52.3. The smallest absolute Gasteiger partial charge is 0.279 e. The SMILES string of the molecule is O=C(NC12CC3CC(CC(C3)C1)C2)[C@@H]1CCCC[N+]1([O-])CC[N+]1([O-])CCCC[C@H]1C(=O)NC12CC3CC(CC(C3)C1)C2. The third-order valence-corrected chi connectivity index (χ3v) is 14.0. The second-order valence-electron chi connectivity index (χ2n) is 17.2. The van der Waals surface area contributed by atoms with E-state index in [1.807, 2.05) is 0 Å². The largest absolute Gasteiger partial charge is 0.632 e.